The summed E-state index contributed by atoms with van der Waals surface area (Å²) in [6.45, 7) is 0.932. The van der Waals surface area contributed by atoms with Crippen molar-refractivity contribution in [3.63, 3.8) is 0 Å². The van der Waals surface area contributed by atoms with Gasteiger partial charge in [-0.25, -0.2) is 0 Å². The van der Waals surface area contributed by atoms with E-state index < -0.39 is 0 Å². The smallest absolute Gasteiger partial charge is 0.0462 e. The third-order valence-electron chi connectivity index (χ3n) is 1.98. The van der Waals surface area contributed by atoms with Gasteiger partial charge in [0, 0.05) is 19.0 Å². The molecule has 0 amide bonds. The van der Waals surface area contributed by atoms with Crippen LogP contribution in [-0.2, 0) is 4.74 Å². The molecule has 0 aliphatic carbocycles. The Kier molecular flexibility index (Phi) is 11.9. The molecule has 0 heterocycles. The van der Waals surface area contributed by atoms with Crippen molar-refractivity contribution in [1.82, 2.24) is 0 Å². The highest BCUT2D eigenvalue weighted by molar-refractivity contribution is 9.09. The highest BCUT2D eigenvalue weighted by atomic mass is 79.9. The third kappa shape index (κ3) is 10.4. The molecule has 0 saturated heterocycles. The number of unbranched alkanes of at least 4 members (excludes halogenated alkanes) is 6. The topological polar surface area (TPSA) is 9.23 Å². The van der Waals surface area contributed by atoms with Crippen LogP contribution in [0.15, 0.2) is 0 Å². The van der Waals surface area contributed by atoms with Gasteiger partial charge in [0.1, 0.15) is 0 Å². The summed E-state index contributed by atoms with van der Waals surface area (Å²) in [6.07, 6.45) is 9.46. The Morgan fingerprint density at radius 2 is 1.33 bits per heavy atom. The number of alkyl halides is 1. The van der Waals surface area contributed by atoms with Gasteiger partial charge in [-0.1, -0.05) is 48.0 Å². The lowest BCUT2D eigenvalue weighted by Gasteiger charge is -2.00. The summed E-state index contributed by atoms with van der Waals surface area (Å²) in [5.74, 6) is 0. The first-order valence-corrected chi connectivity index (χ1v) is 6.09. The first-order valence-electron chi connectivity index (χ1n) is 4.96. The van der Waals surface area contributed by atoms with E-state index in [0.29, 0.717) is 0 Å². The van der Waals surface area contributed by atoms with Crippen LogP contribution in [0.4, 0.5) is 0 Å². The van der Waals surface area contributed by atoms with E-state index >= 15 is 0 Å². The van der Waals surface area contributed by atoms with E-state index in [1.165, 1.54) is 44.9 Å². The Bertz CT molecular complexity index is 66.2. The van der Waals surface area contributed by atoms with Gasteiger partial charge >= 0.3 is 0 Å². The molecule has 0 aliphatic heterocycles. The van der Waals surface area contributed by atoms with E-state index in [9.17, 15) is 0 Å². The first kappa shape index (κ1) is 12.4. The molecule has 0 spiro atoms. The number of hydrogen-bond acceptors (Lipinski definition) is 1. The summed E-state index contributed by atoms with van der Waals surface area (Å²) in [5.41, 5.74) is 0. The van der Waals surface area contributed by atoms with Gasteiger partial charge in [-0.2, -0.15) is 0 Å². The van der Waals surface area contributed by atoms with E-state index in [4.69, 9.17) is 4.74 Å². The fraction of sp³-hybridized carbons (Fsp3) is 1.00. The zero-order valence-corrected chi connectivity index (χ0v) is 9.74. The third-order valence-corrected chi connectivity index (χ3v) is 2.54. The van der Waals surface area contributed by atoms with Crippen molar-refractivity contribution in [2.24, 2.45) is 0 Å². The fourth-order valence-corrected chi connectivity index (χ4v) is 1.62. The lowest BCUT2D eigenvalue weighted by molar-refractivity contribution is 0.192. The van der Waals surface area contributed by atoms with Crippen LogP contribution in [0.2, 0.25) is 0 Å². The number of ether oxygens (including phenoxy) is 1. The highest BCUT2D eigenvalue weighted by Gasteiger charge is 1.90. The van der Waals surface area contributed by atoms with Gasteiger partial charge in [0.25, 0.3) is 0 Å². The minimum Gasteiger partial charge on any atom is -0.385 e. The van der Waals surface area contributed by atoms with Crippen LogP contribution in [0.3, 0.4) is 0 Å². The summed E-state index contributed by atoms with van der Waals surface area (Å²) in [7, 11) is 1.77. The Balaban J connectivity index is 2.73. The summed E-state index contributed by atoms with van der Waals surface area (Å²) < 4.78 is 4.98. The molecule has 12 heavy (non-hydrogen) atoms. The highest BCUT2D eigenvalue weighted by Crippen LogP contribution is 2.07. The summed E-state index contributed by atoms with van der Waals surface area (Å²) in [6, 6.07) is 0. The largest absolute Gasteiger partial charge is 0.385 e. The molecule has 0 fully saturated rings. The maximum Gasteiger partial charge on any atom is 0.0462 e. The van der Waals surface area contributed by atoms with E-state index in [1.54, 1.807) is 7.11 Å². The predicted molar refractivity (Wildman–Crippen MR) is 58.0 cm³/mol. The van der Waals surface area contributed by atoms with E-state index in [2.05, 4.69) is 15.9 Å². The van der Waals surface area contributed by atoms with Crippen molar-refractivity contribution in [1.29, 1.82) is 0 Å². The number of methoxy groups -OCH3 is 1. The molecule has 74 valence electrons. The fourth-order valence-electron chi connectivity index (χ4n) is 1.22. The molecule has 0 aromatic carbocycles. The molecule has 0 saturated carbocycles. The minimum absolute atomic E-state index is 0.932. The summed E-state index contributed by atoms with van der Waals surface area (Å²) in [5, 5.41) is 1.16. The van der Waals surface area contributed by atoms with Crippen LogP contribution in [0, 0.1) is 0 Å². The second-order valence-corrected chi connectivity index (χ2v) is 3.95. The molecule has 0 unspecified atom stereocenters. The van der Waals surface area contributed by atoms with Crippen molar-refractivity contribution in [3.8, 4) is 0 Å². The molecule has 0 bridgehead atoms. The molecule has 1 nitrogen and oxygen atoms in total. The van der Waals surface area contributed by atoms with Crippen molar-refractivity contribution in [2.75, 3.05) is 19.0 Å². The average molecular weight is 237 g/mol. The first-order chi connectivity index (χ1) is 5.91. The Morgan fingerprint density at radius 1 is 0.833 bits per heavy atom. The summed E-state index contributed by atoms with van der Waals surface area (Å²) >= 11 is 3.44. The van der Waals surface area contributed by atoms with Crippen LogP contribution < -0.4 is 0 Å². The molecule has 0 aromatic rings. The molecule has 0 radical (unpaired) electrons. The molecule has 0 N–H and O–H groups in total. The molecule has 0 aliphatic rings. The number of rotatable bonds is 9. The van der Waals surface area contributed by atoms with Crippen molar-refractivity contribution >= 4 is 15.9 Å². The van der Waals surface area contributed by atoms with Crippen LogP contribution in [0.5, 0.6) is 0 Å². The second-order valence-electron chi connectivity index (χ2n) is 3.16. The molecular formula is C10H21BrO. The van der Waals surface area contributed by atoms with Crippen LogP contribution >= 0.6 is 15.9 Å². The maximum atomic E-state index is 4.98. The van der Waals surface area contributed by atoms with Gasteiger partial charge in [-0.15, -0.1) is 0 Å². The van der Waals surface area contributed by atoms with Crippen molar-refractivity contribution in [3.05, 3.63) is 0 Å². The van der Waals surface area contributed by atoms with Gasteiger partial charge in [0.2, 0.25) is 0 Å². The second kappa shape index (κ2) is 11.4. The Labute approximate surface area is 85.0 Å². The van der Waals surface area contributed by atoms with Crippen molar-refractivity contribution < 1.29 is 4.74 Å². The Hall–Kier alpha value is 0.440. The SMILES string of the molecule is COCCCCCCCCCBr. The monoisotopic (exact) mass is 236 g/mol. The van der Waals surface area contributed by atoms with Crippen LogP contribution in [0.1, 0.15) is 44.9 Å². The molecule has 0 aromatic heterocycles. The minimum atomic E-state index is 0.932. The predicted octanol–water partition coefficient (Wildman–Crippen LogP) is 3.76. The Morgan fingerprint density at radius 3 is 1.83 bits per heavy atom. The van der Waals surface area contributed by atoms with E-state index in [1.807, 2.05) is 0 Å². The normalized spacial score (nSPS) is 10.5. The zero-order valence-electron chi connectivity index (χ0n) is 8.15. The van der Waals surface area contributed by atoms with Gasteiger partial charge in [0.15, 0.2) is 0 Å². The molecule has 2 heteroatoms. The molecule has 0 atom stereocenters. The van der Waals surface area contributed by atoms with Crippen molar-refractivity contribution in [2.45, 2.75) is 44.9 Å². The van der Waals surface area contributed by atoms with Gasteiger partial charge in [-0.3, -0.25) is 0 Å². The van der Waals surface area contributed by atoms with Crippen LogP contribution in [0.25, 0.3) is 0 Å². The van der Waals surface area contributed by atoms with E-state index in [0.717, 1.165) is 11.9 Å². The zero-order chi connectivity index (χ0) is 9.07. The standard InChI is InChI=1S/C10H21BrO/c1-12-10-8-6-4-2-3-5-7-9-11/h2-10H2,1H3. The molecular weight excluding hydrogens is 216 g/mol. The average Bonchev–Trinajstić information content (AvgIpc) is 2.10. The number of hydrogen-bond donors (Lipinski definition) is 0. The lowest BCUT2D eigenvalue weighted by atomic mass is 10.1. The number of halogens is 1. The summed E-state index contributed by atoms with van der Waals surface area (Å²) in [4.78, 5) is 0. The van der Waals surface area contributed by atoms with Gasteiger partial charge in [-0.05, 0) is 12.8 Å². The quantitative estimate of drug-likeness (QED) is 0.438. The lowest BCUT2D eigenvalue weighted by Crippen LogP contribution is -1.88. The van der Waals surface area contributed by atoms with Gasteiger partial charge in [0.05, 0.1) is 0 Å². The van der Waals surface area contributed by atoms with Gasteiger partial charge < -0.3 is 4.74 Å². The molecule has 0 rings (SSSR count). The maximum absolute atomic E-state index is 4.98. The van der Waals surface area contributed by atoms with Crippen LogP contribution in [-0.4, -0.2) is 19.0 Å². The van der Waals surface area contributed by atoms with E-state index in [-0.39, 0.29) is 0 Å².